The van der Waals surface area contributed by atoms with Gasteiger partial charge < -0.3 is 15.9 Å². The van der Waals surface area contributed by atoms with Crippen LogP contribution in [0, 0.1) is 22.7 Å². The Morgan fingerprint density at radius 2 is 2.08 bits per heavy atom. The summed E-state index contributed by atoms with van der Waals surface area (Å²) in [4.78, 5) is 4.42. The van der Waals surface area contributed by atoms with E-state index in [2.05, 4.69) is 11.1 Å². The van der Waals surface area contributed by atoms with Crippen LogP contribution in [0.5, 0.6) is 5.75 Å². The number of nitrogen functional groups attached to an aromatic ring is 1. The molecule has 2 aromatic rings. The average molecular weight is 332 g/mol. The molecule has 0 radical (unpaired) electrons. The van der Waals surface area contributed by atoms with Crippen molar-refractivity contribution in [1.82, 2.24) is 4.98 Å². The molecule has 25 heavy (non-hydrogen) atoms. The van der Waals surface area contributed by atoms with Gasteiger partial charge >= 0.3 is 0 Å². The van der Waals surface area contributed by atoms with Gasteiger partial charge in [0.15, 0.2) is 0 Å². The van der Waals surface area contributed by atoms with Crippen LogP contribution in [0.1, 0.15) is 54.3 Å². The van der Waals surface area contributed by atoms with Crippen molar-refractivity contribution in [3.8, 4) is 11.8 Å². The second kappa shape index (κ2) is 6.21. The molecule has 0 amide bonds. The Morgan fingerprint density at radius 3 is 2.84 bits per heavy atom. The summed E-state index contributed by atoms with van der Waals surface area (Å²) in [6.45, 7) is 0. The highest BCUT2D eigenvalue weighted by molar-refractivity contribution is 6.05. The number of hydrogen-bond donors (Lipinski definition) is 2. The van der Waals surface area contributed by atoms with Crippen molar-refractivity contribution in [2.24, 2.45) is 5.92 Å². The van der Waals surface area contributed by atoms with Crippen LogP contribution < -0.4 is 10.5 Å². The van der Waals surface area contributed by atoms with E-state index in [-0.39, 0.29) is 6.10 Å². The van der Waals surface area contributed by atoms with Crippen molar-refractivity contribution in [2.75, 3.05) is 5.73 Å². The molecule has 1 heterocycles. The molecule has 0 bridgehead atoms. The molecule has 1 aromatic carbocycles. The Kier molecular flexibility index (Phi) is 3.89. The van der Waals surface area contributed by atoms with E-state index in [0.29, 0.717) is 23.0 Å². The molecule has 1 fully saturated rings. The van der Waals surface area contributed by atoms with Crippen molar-refractivity contribution < 1.29 is 4.74 Å². The maximum Gasteiger partial charge on any atom is 0.140 e. The summed E-state index contributed by atoms with van der Waals surface area (Å²) in [6, 6.07) is 11.4. The van der Waals surface area contributed by atoms with Crippen molar-refractivity contribution in [3.63, 3.8) is 0 Å². The van der Waals surface area contributed by atoms with Crippen LogP contribution in [-0.4, -0.2) is 10.7 Å². The van der Waals surface area contributed by atoms with E-state index in [9.17, 15) is 0 Å². The van der Waals surface area contributed by atoms with Gasteiger partial charge in [0, 0.05) is 34.1 Å². The number of nitrogens with two attached hydrogens (primary N) is 1. The summed E-state index contributed by atoms with van der Waals surface area (Å²) in [6.07, 6.45) is 4.86. The number of hydrogen-bond acceptors (Lipinski definition) is 5. The number of pyridine rings is 1. The van der Waals surface area contributed by atoms with Gasteiger partial charge in [-0.1, -0.05) is 6.07 Å². The zero-order chi connectivity index (χ0) is 17.4. The highest BCUT2D eigenvalue weighted by Crippen LogP contribution is 2.37. The number of aromatic nitrogens is 1. The predicted octanol–water partition coefficient (Wildman–Crippen LogP) is 3.77. The Balaban J connectivity index is 1.60. The standard InChI is InChI=1S/C20H20N4O/c21-11-13-6-8-15-18(24-13)2-1-3-19(15)25-14-7-9-17(22)16(10-14)20(23)12-4-5-12/h6-10,12,19,23H,1-5,22H2. The highest BCUT2D eigenvalue weighted by Gasteiger charge is 2.29. The Hall–Kier alpha value is -2.87. The van der Waals surface area contributed by atoms with Gasteiger partial charge in [-0.05, 0) is 56.4 Å². The van der Waals surface area contributed by atoms with Crippen LogP contribution in [0.4, 0.5) is 5.69 Å². The first-order chi connectivity index (χ1) is 12.2. The number of benzene rings is 1. The molecule has 2 aliphatic carbocycles. The van der Waals surface area contributed by atoms with E-state index < -0.39 is 0 Å². The van der Waals surface area contributed by atoms with Crippen LogP contribution in [0.15, 0.2) is 30.3 Å². The van der Waals surface area contributed by atoms with Crippen molar-refractivity contribution in [2.45, 2.75) is 38.2 Å². The van der Waals surface area contributed by atoms with Crippen LogP contribution in [-0.2, 0) is 6.42 Å². The summed E-state index contributed by atoms with van der Waals surface area (Å²) in [5.74, 6) is 1.08. The van der Waals surface area contributed by atoms with Gasteiger partial charge in [0.25, 0.3) is 0 Å². The Morgan fingerprint density at radius 1 is 1.24 bits per heavy atom. The number of nitrogens with one attached hydrogen (secondary N) is 1. The summed E-state index contributed by atoms with van der Waals surface area (Å²) in [5, 5.41) is 17.3. The molecule has 1 saturated carbocycles. The predicted molar refractivity (Wildman–Crippen MR) is 95.7 cm³/mol. The van der Waals surface area contributed by atoms with Crippen molar-refractivity contribution in [1.29, 1.82) is 10.7 Å². The average Bonchev–Trinajstić information content (AvgIpc) is 3.47. The first-order valence-corrected chi connectivity index (χ1v) is 8.70. The maximum absolute atomic E-state index is 9.02. The summed E-state index contributed by atoms with van der Waals surface area (Å²) in [7, 11) is 0. The van der Waals surface area contributed by atoms with Crippen LogP contribution >= 0.6 is 0 Å². The smallest absolute Gasteiger partial charge is 0.140 e. The quantitative estimate of drug-likeness (QED) is 0.658. The number of fused-ring (bicyclic) bond motifs is 1. The number of ether oxygens (including phenoxy) is 1. The monoisotopic (exact) mass is 332 g/mol. The summed E-state index contributed by atoms with van der Waals surface area (Å²) in [5.41, 5.74) is 10.6. The molecule has 4 rings (SSSR count). The molecule has 5 heteroatoms. The van der Waals surface area contributed by atoms with E-state index in [1.54, 1.807) is 6.07 Å². The van der Waals surface area contributed by atoms with Crippen LogP contribution in [0.2, 0.25) is 0 Å². The first kappa shape index (κ1) is 15.6. The zero-order valence-electron chi connectivity index (χ0n) is 14.0. The molecule has 3 N–H and O–H groups in total. The van der Waals surface area contributed by atoms with E-state index in [0.717, 1.165) is 54.7 Å². The second-order valence-electron chi connectivity index (χ2n) is 6.78. The third-order valence-corrected chi connectivity index (χ3v) is 4.93. The normalized spacial score (nSPS) is 18.9. The number of rotatable bonds is 4. The van der Waals surface area contributed by atoms with Gasteiger partial charge in [-0.3, -0.25) is 0 Å². The second-order valence-corrected chi connectivity index (χ2v) is 6.78. The maximum atomic E-state index is 9.02. The van der Waals surface area contributed by atoms with E-state index >= 15 is 0 Å². The molecule has 1 atom stereocenters. The minimum atomic E-state index is -0.0735. The van der Waals surface area contributed by atoms with Crippen molar-refractivity contribution >= 4 is 11.4 Å². The largest absolute Gasteiger partial charge is 0.486 e. The topological polar surface area (TPSA) is 95.8 Å². The SMILES string of the molecule is N#Cc1ccc2c(n1)CCCC2Oc1ccc(N)c(C(=N)C2CC2)c1. The van der Waals surface area contributed by atoms with Gasteiger partial charge in [0.05, 0.1) is 0 Å². The molecule has 1 aromatic heterocycles. The number of aryl methyl sites for hydroxylation is 1. The van der Waals surface area contributed by atoms with E-state index in [4.69, 9.17) is 21.1 Å². The minimum absolute atomic E-state index is 0.0735. The molecule has 2 aliphatic rings. The first-order valence-electron chi connectivity index (χ1n) is 8.70. The van der Waals surface area contributed by atoms with Gasteiger partial charge in [-0.2, -0.15) is 5.26 Å². The molecule has 126 valence electrons. The fourth-order valence-electron chi connectivity index (χ4n) is 3.40. The van der Waals surface area contributed by atoms with Gasteiger partial charge in [0.1, 0.15) is 23.6 Å². The Labute approximate surface area is 147 Å². The lowest BCUT2D eigenvalue weighted by Crippen LogP contribution is -2.17. The van der Waals surface area contributed by atoms with Gasteiger partial charge in [0.2, 0.25) is 0 Å². The number of nitriles is 1. The highest BCUT2D eigenvalue weighted by atomic mass is 16.5. The van der Waals surface area contributed by atoms with Crippen LogP contribution in [0.3, 0.4) is 0 Å². The van der Waals surface area contributed by atoms with E-state index in [1.807, 2.05) is 24.3 Å². The molecular formula is C20H20N4O. The van der Waals surface area contributed by atoms with Gasteiger partial charge in [-0.15, -0.1) is 0 Å². The van der Waals surface area contributed by atoms with Crippen molar-refractivity contribution in [3.05, 3.63) is 52.8 Å². The fourth-order valence-corrected chi connectivity index (χ4v) is 3.40. The third-order valence-electron chi connectivity index (χ3n) is 4.93. The molecule has 1 unspecified atom stereocenters. The molecular weight excluding hydrogens is 312 g/mol. The molecule has 0 saturated heterocycles. The van der Waals surface area contributed by atoms with Crippen LogP contribution in [0.25, 0.3) is 0 Å². The minimum Gasteiger partial charge on any atom is -0.486 e. The number of nitrogens with zero attached hydrogens (tertiary/aromatic N) is 2. The molecule has 0 aliphatic heterocycles. The lowest BCUT2D eigenvalue weighted by Gasteiger charge is -2.26. The van der Waals surface area contributed by atoms with E-state index in [1.165, 1.54) is 0 Å². The third kappa shape index (κ3) is 3.08. The zero-order valence-corrected chi connectivity index (χ0v) is 14.0. The summed E-state index contributed by atoms with van der Waals surface area (Å²) < 4.78 is 6.23. The summed E-state index contributed by atoms with van der Waals surface area (Å²) >= 11 is 0. The lowest BCUT2D eigenvalue weighted by atomic mass is 9.93. The lowest BCUT2D eigenvalue weighted by molar-refractivity contribution is 0.182. The molecule has 5 nitrogen and oxygen atoms in total. The fraction of sp³-hybridized carbons (Fsp3) is 0.350. The molecule has 0 spiro atoms. The van der Waals surface area contributed by atoms with Gasteiger partial charge in [-0.25, -0.2) is 4.98 Å². The number of anilines is 1. The Bertz CT molecular complexity index is 880.